The number of anilines is 2. The van der Waals surface area contributed by atoms with Crippen molar-refractivity contribution in [3.05, 3.63) is 59.2 Å². The van der Waals surface area contributed by atoms with E-state index in [4.69, 9.17) is 0 Å². The number of hydrogen-bond donors (Lipinski definition) is 1. The van der Waals surface area contributed by atoms with E-state index >= 15 is 0 Å². The first-order chi connectivity index (χ1) is 12.7. The molecular formula is C21H28N2O3S. The molecule has 1 N–H and O–H groups in total. The summed E-state index contributed by atoms with van der Waals surface area (Å²) in [6.45, 7) is 6.29. The van der Waals surface area contributed by atoms with Crippen LogP contribution in [0.5, 0.6) is 0 Å². The standard InChI is InChI=1S/C21H28N2O3S/c1-5-18-11-13-19(14-12-18)23(27(4,25)26)15-7-10-21(24)22-20-9-6-8-16(2)17(20)3/h6,8-9,11-14H,5,7,10,15H2,1-4H3,(H,22,24). The van der Waals surface area contributed by atoms with Crippen molar-refractivity contribution in [2.75, 3.05) is 22.4 Å². The van der Waals surface area contributed by atoms with Crippen LogP contribution in [0.1, 0.15) is 36.5 Å². The van der Waals surface area contributed by atoms with E-state index in [1.165, 1.54) is 10.6 Å². The zero-order valence-corrected chi connectivity index (χ0v) is 17.3. The summed E-state index contributed by atoms with van der Waals surface area (Å²) in [6, 6.07) is 13.3. The molecule has 0 aliphatic carbocycles. The van der Waals surface area contributed by atoms with Crippen LogP contribution in [0.25, 0.3) is 0 Å². The van der Waals surface area contributed by atoms with Crippen molar-refractivity contribution in [1.82, 2.24) is 0 Å². The Kier molecular flexibility index (Phi) is 7.02. The topological polar surface area (TPSA) is 66.5 Å². The Morgan fingerprint density at radius 2 is 1.74 bits per heavy atom. The van der Waals surface area contributed by atoms with Crippen molar-refractivity contribution >= 4 is 27.3 Å². The van der Waals surface area contributed by atoms with Gasteiger partial charge < -0.3 is 5.32 Å². The fourth-order valence-electron chi connectivity index (χ4n) is 2.87. The first kappa shape index (κ1) is 21.0. The van der Waals surface area contributed by atoms with Gasteiger partial charge in [-0.25, -0.2) is 8.42 Å². The van der Waals surface area contributed by atoms with Gasteiger partial charge in [-0.3, -0.25) is 9.10 Å². The van der Waals surface area contributed by atoms with Crippen molar-refractivity contribution in [3.63, 3.8) is 0 Å². The zero-order chi connectivity index (χ0) is 20.0. The number of amides is 1. The van der Waals surface area contributed by atoms with Crippen LogP contribution in [0.4, 0.5) is 11.4 Å². The number of hydrogen-bond acceptors (Lipinski definition) is 3. The van der Waals surface area contributed by atoms with Crippen molar-refractivity contribution < 1.29 is 13.2 Å². The van der Waals surface area contributed by atoms with Gasteiger partial charge in [-0.2, -0.15) is 0 Å². The van der Waals surface area contributed by atoms with Gasteiger partial charge in [0.05, 0.1) is 11.9 Å². The quantitative estimate of drug-likeness (QED) is 0.742. The lowest BCUT2D eigenvalue weighted by Crippen LogP contribution is -2.31. The van der Waals surface area contributed by atoms with E-state index in [1.807, 2.05) is 56.3 Å². The number of benzene rings is 2. The average molecular weight is 389 g/mol. The van der Waals surface area contributed by atoms with Crippen LogP contribution < -0.4 is 9.62 Å². The molecule has 0 saturated carbocycles. The van der Waals surface area contributed by atoms with Gasteiger partial charge in [0, 0.05) is 18.7 Å². The molecule has 0 fully saturated rings. The highest BCUT2D eigenvalue weighted by Gasteiger charge is 2.17. The average Bonchev–Trinajstić information content (AvgIpc) is 2.62. The van der Waals surface area contributed by atoms with Gasteiger partial charge in [-0.15, -0.1) is 0 Å². The Hall–Kier alpha value is -2.34. The molecule has 0 aromatic heterocycles. The summed E-state index contributed by atoms with van der Waals surface area (Å²) >= 11 is 0. The molecule has 0 bridgehead atoms. The predicted octanol–water partition coefficient (Wildman–Crippen LogP) is 4.05. The van der Waals surface area contributed by atoms with Crippen molar-refractivity contribution in [1.29, 1.82) is 0 Å². The molecule has 5 nitrogen and oxygen atoms in total. The van der Waals surface area contributed by atoms with E-state index in [-0.39, 0.29) is 18.9 Å². The number of sulfonamides is 1. The molecule has 0 atom stereocenters. The summed E-state index contributed by atoms with van der Waals surface area (Å²) in [5, 5.41) is 2.91. The molecule has 0 heterocycles. The molecule has 2 rings (SSSR count). The summed E-state index contributed by atoms with van der Waals surface area (Å²) in [7, 11) is -3.41. The Morgan fingerprint density at radius 1 is 1.07 bits per heavy atom. The molecule has 0 unspecified atom stereocenters. The van der Waals surface area contributed by atoms with Crippen LogP contribution in [0.15, 0.2) is 42.5 Å². The van der Waals surface area contributed by atoms with E-state index < -0.39 is 10.0 Å². The highest BCUT2D eigenvalue weighted by molar-refractivity contribution is 7.92. The zero-order valence-electron chi connectivity index (χ0n) is 16.5. The van der Waals surface area contributed by atoms with Gasteiger partial charge in [-0.1, -0.05) is 31.2 Å². The monoisotopic (exact) mass is 388 g/mol. The van der Waals surface area contributed by atoms with Crippen molar-refractivity contribution in [2.45, 2.75) is 40.0 Å². The molecule has 2 aromatic rings. The largest absolute Gasteiger partial charge is 0.326 e. The molecule has 0 saturated heterocycles. The number of carbonyl (C=O) groups is 1. The Balaban J connectivity index is 1.99. The maximum absolute atomic E-state index is 12.2. The van der Waals surface area contributed by atoms with Gasteiger partial charge in [0.2, 0.25) is 15.9 Å². The smallest absolute Gasteiger partial charge is 0.232 e. The molecule has 2 aromatic carbocycles. The van der Waals surface area contributed by atoms with Crippen molar-refractivity contribution in [2.24, 2.45) is 0 Å². The Morgan fingerprint density at radius 3 is 2.33 bits per heavy atom. The maximum Gasteiger partial charge on any atom is 0.232 e. The normalized spacial score (nSPS) is 11.3. The van der Waals surface area contributed by atoms with Gasteiger partial charge in [-0.05, 0) is 61.6 Å². The van der Waals surface area contributed by atoms with E-state index in [0.717, 1.165) is 28.8 Å². The first-order valence-corrected chi connectivity index (χ1v) is 11.0. The van der Waals surface area contributed by atoms with Crippen LogP contribution in [0.2, 0.25) is 0 Å². The molecule has 0 aliphatic rings. The Bertz CT molecular complexity index is 890. The van der Waals surface area contributed by atoms with Crippen LogP contribution in [0.3, 0.4) is 0 Å². The summed E-state index contributed by atoms with van der Waals surface area (Å²) in [6.07, 6.45) is 2.79. The number of aryl methyl sites for hydroxylation is 2. The maximum atomic E-state index is 12.2. The molecule has 0 aliphatic heterocycles. The second-order valence-corrected chi connectivity index (χ2v) is 8.66. The SMILES string of the molecule is CCc1ccc(N(CCCC(=O)Nc2cccc(C)c2C)S(C)(=O)=O)cc1. The molecule has 6 heteroatoms. The fraction of sp³-hybridized carbons (Fsp3) is 0.381. The lowest BCUT2D eigenvalue weighted by molar-refractivity contribution is -0.116. The molecular weight excluding hydrogens is 360 g/mol. The highest BCUT2D eigenvalue weighted by atomic mass is 32.2. The molecule has 0 radical (unpaired) electrons. The molecule has 0 spiro atoms. The summed E-state index contributed by atoms with van der Waals surface area (Å²) in [4.78, 5) is 12.2. The van der Waals surface area contributed by atoms with E-state index in [2.05, 4.69) is 12.2 Å². The van der Waals surface area contributed by atoms with Crippen LogP contribution in [0, 0.1) is 13.8 Å². The second kappa shape index (κ2) is 9.04. The summed E-state index contributed by atoms with van der Waals surface area (Å²) < 4.78 is 25.7. The minimum atomic E-state index is -3.41. The van der Waals surface area contributed by atoms with Crippen LogP contribution in [-0.4, -0.2) is 27.1 Å². The van der Waals surface area contributed by atoms with Crippen LogP contribution >= 0.6 is 0 Å². The second-order valence-electron chi connectivity index (χ2n) is 6.75. The number of rotatable bonds is 8. The fourth-order valence-corrected chi connectivity index (χ4v) is 3.83. The molecule has 1 amide bonds. The number of nitrogens with one attached hydrogen (secondary N) is 1. The third kappa shape index (κ3) is 5.82. The summed E-state index contributed by atoms with van der Waals surface area (Å²) in [5.74, 6) is -0.113. The minimum absolute atomic E-state index is 0.113. The molecule has 146 valence electrons. The van der Waals surface area contributed by atoms with Gasteiger partial charge in [0.1, 0.15) is 0 Å². The predicted molar refractivity (Wildman–Crippen MR) is 112 cm³/mol. The van der Waals surface area contributed by atoms with Crippen LogP contribution in [-0.2, 0) is 21.2 Å². The lowest BCUT2D eigenvalue weighted by Gasteiger charge is -2.22. The third-order valence-corrected chi connectivity index (χ3v) is 5.87. The van der Waals surface area contributed by atoms with E-state index in [1.54, 1.807) is 0 Å². The summed E-state index contributed by atoms with van der Waals surface area (Å²) in [5.41, 5.74) is 4.74. The van der Waals surface area contributed by atoms with E-state index in [9.17, 15) is 13.2 Å². The number of carbonyl (C=O) groups excluding carboxylic acids is 1. The molecule has 27 heavy (non-hydrogen) atoms. The van der Waals surface area contributed by atoms with Crippen molar-refractivity contribution in [3.8, 4) is 0 Å². The van der Waals surface area contributed by atoms with Gasteiger partial charge in [0.25, 0.3) is 0 Å². The van der Waals surface area contributed by atoms with E-state index in [0.29, 0.717) is 12.1 Å². The Labute approximate surface area is 162 Å². The third-order valence-electron chi connectivity index (χ3n) is 4.68. The highest BCUT2D eigenvalue weighted by Crippen LogP contribution is 2.20. The van der Waals surface area contributed by atoms with Gasteiger partial charge >= 0.3 is 0 Å². The lowest BCUT2D eigenvalue weighted by atomic mass is 10.1. The first-order valence-electron chi connectivity index (χ1n) is 9.15. The number of nitrogens with zero attached hydrogens (tertiary/aromatic N) is 1. The minimum Gasteiger partial charge on any atom is -0.326 e. The van der Waals surface area contributed by atoms with Gasteiger partial charge in [0.15, 0.2) is 0 Å².